The molecule has 118 valence electrons. The van der Waals surface area contributed by atoms with Crippen molar-refractivity contribution in [2.45, 2.75) is 32.4 Å². The molecule has 3 rings (SSSR count). The number of fused-ring (bicyclic) bond motifs is 1. The van der Waals surface area contributed by atoms with E-state index in [0.717, 1.165) is 43.1 Å². The third-order valence-electron chi connectivity index (χ3n) is 4.25. The number of aryl methyl sites for hydroxylation is 2. The van der Waals surface area contributed by atoms with Gasteiger partial charge in [-0.2, -0.15) is 0 Å². The summed E-state index contributed by atoms with van der Waals surface area (Å²) in [5.41, 5.74) is 0.731. The number of aliphatic hydroxyl groups excluding tert-OH is 1. The molecule has 22 heavy (non-hydrogen) atoms. The molecule has 0 radical (unpaired) electrons. The van der Waals surface area contributed by atoms with Gasteiger partial charge in [-0.25, -0.2) is 4.39 Å². The van der Waals surface area contributed by atoms with Crippen LogP contribution >= 0.6 is 0 Å². The van der Waals surface area contributed by atoms with Crippen LogP contribution in [-0.2, 0) is 13.0 Å². The predicted molar refractivity (Wildman–Crippen MR) is 80.8 cm³/mol. The summed E-state index contributed by atoms with van der Waals surface area (Å²) in [4.78, 5) is 0. The Morgan fingerprint density at radius 1 is 1.36 bits per heavy atom. The molecule has 1 aliphatic rings. The van der Waals surface area contributed by atoms with E-state index >= 15 is 0 Å². The van der Waals surface area contributed by atoms with Crippen molar-refractivity contribution in [1.82, 2.24) is 20.1 Å². The molecular formula is C16H21FN4O. The fraction of sp³-hybridized carbons (Fsp3) is 0.500. The lowest BCUT2D eigenvalue weighted by atomic mass is 9.99. The molecule has 0 amide bonds. The Morgan fingerprint density at radius 2 is 2.14 bits per heavy atom. The van der Waals surface area contributed by atoms with Crippen LogP contribution in [0.3, 0.4) is 0 Å². The number of halogens is 1. The summed E-state index contributed by atoms with van der Waals surface area (Å²) in [5, 5.41) is 21.7. The molecule has 0 saturated heterocycles. The first kappa shape index (κ1) is 15.1. The van der Waals surface area contributed by atoms with Gasteiger partial charge in [0.1, 0.15) is 17.5 Å². The Bertz CT molecular complexity index is 626. The normalized spacial score (nSPS) is 19.0. The highest BCUT2D eigenvalue weighted by atomic mass is 19.1. The number of benzene rings is 1. The Balaban J connectivity index is 1.47. The third kappa shape index (κ3) is 3.34. The van der Waals surface area contributed by atoms with E-state index in [4.69, 9.17) is 0 Å². The maximum Gasteiger partial charge on any atom is 0.133 e. The van der Waals surface area contributed by atoms with E-state index in [1.54, 1.807) is 12.1 Å². The Hall–Kier alpha value is -1.79. The fourth-order valence-corrected chi connectivity index (χ4v) is 2.92. The van der Waals surface area contributed by atoms with E-state index in [-0.39, 0.29) is 5.82 Å². The molecule has 0 saturated carbocycles. The molecule has 0 fully saturated rings. The average Bonchev–Trinajstić information content (AvgIpc) is 2.89. The van der Waals surface area contributed by atoms with Gasteiger partial charge in [-0.05, 0) is 43.5 Å². The quantitative estimate of drug-likeness (QED) is 0.881. The molecular weight excluding hydrogens is 283 g/mol. The van der Waals surface area contributed by atoms with Crippen LogP contribution < -0.4 is 5.32 Å². The lowest BCUT2D eigenvalue weighted by Crippen LogP contribution is -2.32. The highest BCUT2D eigenvalue weighted by Gasteiger charge is 2.21. The number of aliphatic hydroxyl groups is 1. The monoisotopic (exact) mass is 304 g/mol. The van der Waals surface area contributed by atoms with Gasteiger partial charge in [-0.3, -0.25) is 0 Å². The minimum Gasteiger partial charge on any atom is -0.387 e. The van der Waals surface area contributed by atoms with E-state index < -0.39 is 6.10 Å². The lowest BCUT2D eigenvalue weighted by Gasteiger charge is -2.24. The van der Waals surface area contributed by atoms with Crippen molar-refractivity contribution < 1.29 is 9.50 Å². The van der Waals surface area contributed by atoms with Gasteiger partial charge in [0.25, 0.3) is 0 Å². The van der Waals surface area contributed by atoms with Gasteiger partial charge < -0.3 is 15.0 Å². The van der Waals surface area contributed by atoms with Crippen molar-refractivity contribution in [1.29, 1.82) is 0 Å². The highest BCUT2D eigenvalue weighted by Crippen LogP contribution is 2.19. The number of hydrogen-bond donors (Lipinski definition) is 2. The Kier molecular flexibility index (Phi) is 4.49. The number of rotatable bonds is 5. The Labute approximate surface area is 129 Å². The first-order chi connectivity index (χ1) is 10.6. The third-order valence-corrected chi connectivity index (χ3v) is 4.25. The van der Waals surface area contributed by atoms with Crippen LogP contribution in [-0.4, -0.2) is 33.0 Å². The van der Waals surface area contributed by atoms with Crippen LogP contribution in [0.25, 0.3) is 0 Å². The van der Waals surface area contributed by atoms with E-state index in [1.807, 2.05) is 6.92 Å². The predicted octanol–water partition coefficient (Wildman–Crippen LogP) is 1.61. The van der Waals surface area contributed by atoms with Crippen molar-refractivity contribution in [3.63, 3.8) is 0 Å². The van der Waals surface area contributed by atoms with Crippen LogP contribution in [0.5, 0.6) is 0 Å². The topological polar surface area (TPSA) is 63.0 Å². The maximum absolute atomic E-state index is 12.9. The molecule has 0 unspecified atom stereocenters. The highest BCUT2D eigenvalue weighted by molar-refractivity contribution is 5.18. The SMILES string of the molecule is Cc1nnc2n1C[C@@H](CNC[C@@H](O)c1ccc(F)cc1)CC2. The first-order valence-corrected chi connectivity index (χ1v) is 7.66. The molecule has 1 aliphatic heterocycles. The number of nitrogens with one attached hydrogen (secondary N) is 1. The fourth-order valence-electron chi connectivity index (χ4n) is 2.92. The second-order valence-electron chi connectivity index (χ2n) is 5.90. The minimum absolute atomic E-state index is 0.286. The van der Waals surface area contributed by atoms with Crippen LogP contribution in [0, 0.1) is 18.7 Å². The standard InChI is InChI=1S/C16H21FN4O/c1-11-19-20-16-7-2-12(10-21(11)16)8-18-9-15(22)13-3-5-14(17)6-4-13/h3-6,12,15,18,22H,2,7-10H2,1H3/t12-,15-/m1/s1. The molecule has 1 aromatic carbocycles. The summed E-state index contributed by atoms with van der Waals surface area (Å²) < 4.78 is 15.0. The number of nitrogens with zero attached hydrogens (tertiary/aromatic N) is 3. The largest absolute Gasteiger partial charge is 0.387 e. The smallest absolute Gasteiger partial charge is 0.133 e. The Morgan fingerprint density at radius 3 is 2.91 bits per heavy atom. The first-order valence-electron chi connectivity index (χ1n) is 7.66. The summed E-state index contributed by atoms with van der Waals surface area (Å²) in [5.74, 6) is 2.26. The molecule has 0 spiro atoms. The molecule has 5 nitrogen and oxygen atoms in total. The lowest BCUT2D eigenvalue weighted by molar-refractivity contribution is 0.170. The van der Waals surface area contributed by atoms with Gasteiger partial charge in [0.2, 0.25) is 0 Å². The second-order valence-corrected chi connectivity index (χ2v) is 5.90. The zero-order valence-electron chi connectivity index (χ0n) is 12.7. The van der Waals surface area contributed by atoms with Crippen molar-refractivity contribution in [3.8, 4) is 0 Å². The van der Waals surface area contributed by atoms with Gasteiger partial charge in [-0.1, -0.05) is 12.1 Å². The molecule has 2 N–H and O–H groups in total. The van der Waals surface area contributed by atoms with Gasteiger partial charge in [-0.15, -0.1) is 10.2 Å². The van der Waals surface area contributed by atoms with Crippen molar-refractivity contribution >= 4 is 0 Å². The van der Waals surface area contributed by atoms with E-state index in [1.165, 1.54) is 12.1 Å². The van der Waals surface area contributed by atoms with Crippen molar-refractivity contribution in [2.24, 2.45) is 5.92 Å². The molecule has 6 heteroatoms. The molecule has 0 bridgehead atoms. The minimum atomic E-state index is -0.614. The van der Waals surface area contributed by atoms with Crippen LogP contribution in [0.15, 0.2) is 24.3 Å². The van der Waals surface area contributed by atoms with Gasteiger partial charge >= 0.3 is 0 Å². The van der Waals surface area contributed by atoms with E-state index in [2.05, 4.69) is 20.1 Å². The summed E-state index contributed by atoms with van der Waals surface area (Å²) in [6.07, 6.45) is 1.42. The zero-order chi connectivity index (χ0) is 15.5. The van der Waals surface area contributed by atoms with Crippen molar-refractivity contribution in [2.75, 3.05) is 13.1 Å². The average molecular weight is 304 g/mol. The molecule has 1 aromatic heterocycles. The molecule has 2 aromatic rings. The van der Waals surface area contributed by atoms with Gasteiger partial charge in [0.05, 0.1) is 6.10 Å². The van der Waals surface area contributed by atoms with Crippen LogP contribution in [0.1, 0.15) is 29.7 Å². The van der Waals surface area contributed by atoms with E-state index in [9.17, 15) is 9.50 Å². The molecule has 0 aliphatic carbocycles. The summed E-state index contributed by atoms with van der Waals surface area (Å²) >= 11 is 0. The van der Waals surface area contributed by atoms with Crippen molar-refractivity contribution in [3.05, 3.63) is 47.3 Å². The van der Waals surface area contributed by atoms with Gasteiger partial charge in [0, 0.05) is 19.5 Å². The molecule has 2 atom stereocenters. The van der Waals surface area contributed by atoms with Gasteiger partial charge in [0.15, 0.2) is 0 Å². The zero-order valence-corrected chi connectivity index (χ0v) is 12.7. The summed E-state index contributed by atoms with van der Waals surface area (Å²) in [7, 11) is 0. The number of aromatic nitrogens is 3. The summed E-state index contributed by atoms with van der Waals surface area (Å²) in [6.45, 7) is 4.21. The molecule has 2 heterocycles. The summed E-state index contributed by atoms with van der Waals surface area (Å²) in [6, 6.07) is 5.98. The second kappa shape index (κ2) is 6.54. The number of hydrogen-bond acceptors (Lipinski definition) is 4. The van der Waals surface area contributed by atoms with E-state index in [0.29, 0.717) is 12.5 Å². The van der Waals surface area contributed by atoms with Crippen LogP contribution in [0.4, 0.5) is 4.39 Å². The maximum atomic E-state index is 12.9. The van der Waals surface area contributed by atoms with Crippen LogP contribution in [0.2, 0.25) is 0 Å².